The molecule has 2 amide bonds. The normalized spacial score (nSPS) is 17.7. The van der Waals surface area contributed by atoms with Gasteiger partial charge in [0.2, 0.25) is 0 Å². The summed E-state index contributed by atoms with van der Waals surface area (Å²) in [5.74, 6) is 0.604. The second-order valence-electron chi connectivity index (χ2n) is 8.33. The van der Waals surface area contributed by atoms with Crippen molar-refractivity contribution >= 4 is 63.5 Å². The highest BCUT2D eigenvalue weighted by atomic mass is 35.5. The largest absolute Gasteiger partial charge is 0.490 e. The number of rotatable bonds is 8. The molecule has 2 aromatic rings. The van der Waals surface area contributed by atoms with E-state index < -0.39 is 0 Å². The molecule has 1 N–H and O–H groups in total. The smallest absolute Gasteiger partial charge is 0.266 e. The Bertz CT molecular complexity index is 1150. The first-order chi connectivity index (χ1) is 16.9. The first kappa shape index (κ1) is 25.5. The number of carbonyl (C=O) groups is 2. The van der Waals surface area contributed by atoms with Crippen molar-refractivity contribution in [2.75, 3.05) is 18.5 Å². The van der Waals surface area contributed by atoms with Crippen molar-refractivity contribution < 1.29 is 19.1 Å². The standard InChI is InChI=1S/C26H27ClN2O4S2/c1-2-32-22-13-17(14-23-25(31)29(26(34)35-23)20-9-4-3-5-10-20)11-12-21(22)33-16-24(30)28-19-8-6-7-18(27)15-19/h6-8,11-15,20H,2-5,9-10,16H2,1H3,(H,28,30)/b23-14+. The van der Waals surface area contributed by atoms with Gasteiger partial charge in [-0.05, 0) is 61.7 Å². The molecule has 184 valence electrons. The zero-order valence-electron chi connectivity index (χ0n) is 19.4. The first-order valence-corrected chi connectivity index (χ1v) is 13.3. The zero-order chi connectivity index (χ0) is 24.8. The first-order valence-electron chi connectivity index (χ1n) is 11.7. The molecule has 9 heteroatoms. The predicted octanol–water partition coefficient (Wildman–Crippen LogP) is 6.29. The number of carbonyl (C=O) groups excluding carboxylic acids is 2. The van der Waals surface area contributed by atoms with Crippen LogP contribution in [0.25, 0.3) is 6.08 Å². The summed E-state index contributed by atoms with van der Waals surface area (Å²) in [5.41, 5.74) is 1.39. The van der Waals surface area contributed by atoms with Gasteiger partial charge in [0.15, 0.2) is 18.1 Å². The van der Waals surface area contributed by atoms with Crippen molar-refractivity contribution in [3.8, 4) is 11.5 Å². The van der Waals surface area contributed by atoms with Gasteiger partial charge in [0.1, 0.15) is 4.32 Å². The number of hydrogen-bond acceptors (Lipinski definition) is 6. The summed E-state index contributed by atoms with van der Waals surface area (Å²) < 4.78 is 12.1. The molecule has 1 saturated carbocycles. The fourth-order valence-corrected chi connectivity index (χ4v) is 5.78. The van der Waals surface area contributed by atoms with E-state index in [-0.39, 0.29) is 24.5 Å². The zero-order valence-corrected chi connectivity index (χ0v) is 21.8. The van der Waals surface area contributed by atoms with Crippen molar-refractivity contribution in [1.82, 2.24) is 4.90 Å². The predicted molar refractivity (Wildman–Crippen MR) is 145 cm³/mol. The Kier molecular flexibility index (Phi) is 8.70. The lowest BCUT2D eigenvalue weighted by molar-refractivity contribution is -0.124. The van der Waals surface area contributed by atoms with Crippen molar-refractivity contribution in [2.45, 2.75) is 45.1 Å². The molecule has 0 atom stereocenters. The third-order valence-electron chi connectivity index (χ3n) is 5.80. The molecule has 35 heavy (non-hydrogen) atoms. The maximum Gasteiger partial charge on any atom is 0.266 e. The van der Waals surface area contributed by atoms with Crippen LogP contribution in [0.15, 0.2) is 47.4 Å². The second-order valence-corrected chi connectivity index (χ2v) is 10.4. The van der Waals surface area contributed by atoms with E-state index in [1.54, 1.807) is 41.3 Å². The summed E-state index contributed by atoms with van der Waals surface area (Å²) in [4.78, 5) is 27.8. The number of halogens is 1. The molecule has 0 bridgehead atoms. The van der Waals surface area contributed by atoms with Gasteiger partial charge in [-0.2, -0.15) is 0 Å². The minimum atomic E-state index is -0.315. The van der Waals surface area contributed by atoms with E-state index in [9.17, 15) is 9.59 Å². The van der Waals surface area contributed by atoms with Crippen molar-refractivity contribution in [3.05, 3.63) is 58.0 Å². The van der Waals surface area contributed by atoms with Crippen molar-refractivity contribution in [2.24, 2.45) is 0 Å². The summed E-state index contributed by atoms with van der Waals surface area (Å²) in [6.07, 6.45) is 7.34. The molecule has 4 rings (SSSR count). The Hall–Kier alpha value is -2.55. The molecule has 0 spiro atoms. The molecule has 1 aliphatic heterocycles. The van der Waals surface area contributed by atoms with Gasteiger partial charge in [-0.15, -0.1) is 0 Å². The lowest BCUT2D eigenvalue weighted by Crippen LogP contribution is -2.39. The molecular weight excluding hydrogens is 504 g/mol. The topological polar surface area (TPSA) is 67.9 Å². The molecule has 1 heterocycles. The molecular formula is C26H27ClN2O4S2. The number of ether oxygens (including phenoxy) is 2. The summed E-state index contributed by atoms with van der Waals surface area (Å²) in [5, 5.41) is 3.28. The SMILES string of the molecule is CCOc1cc(/C=C2/SC(=S)N(C3CCCCC3)C2=O)ccc1OCC(=O)Nc1cccc(Cl)c1. The third kappa shape index (κ3) is 6.57. The van der Waals surface area contributed by atoms with E-state index in [1.807, 2.05) is 19.1 Å². The highest BCUT2D eigenvalue weighted by Gasteiger charge is 2.37. The molecule has 1 aliphatic carbocycles. The number of amides is 2. The van der Waals surface area contributed by atoms with Crippen LogP contribution in [0.3, 0.4) is 0 Å². The second kappa shape index (κ2) is 11.9. The van der Waals surface area contributed by atoms with Crippen molar-refractivity contribution in [3.63, 3.8) is 0 Å². The van der Waals surface area contributed by atoms with Crippen molar-refractivity contribution in [1.29, 1.82) is 0 Å². The van der Waals surface area contributed by atoms with Crippen LogP contribution >= 0.6 is 35.6 Å². The van der Waals surface area contributed by atoms with E-state index in [0.717, 1.165) is 31.2 Å². The van der Waals surface area contributed by atoms with Crippen LogP contribution in [0.5, 0.6) is 11.5 Å². The molecule has 2 fully saturated rings. The summed E-state index contributed by atoms with van der Waals surface area (Å²) >= 11 is 12.8. The molecule has 1 saturated heterocycles. The lowest BCUT2D eigenvalue weighted by Gasteiger charge is -2.29. The Labute approximate surface area is 220 Å². The fourth-order valence-electron chi connectivity index (χ4n) is 4.19. The Morgan fingerprint density at radius 1 is 1.17 bits per heavy atom. The summed E-state index contributed by atoms with van der Waals surface area (Å²) in [6.45, 7) is 2.11. The number of nitrogens with zero attached hydrogens (tertiary/aromatic N) is 1. The number of nitrogens with one attached hydrogen (secondary N) is 1. The molecule has 2 aliphatic rings. The highest BCUT2D eigenvalue weighted by molar-refractivity contribution is 8.26. The van der Waals surface area contributed by atoms with E-state index in [2.05, 4.69) is 5.32 Å². The summed E-state index contributed by atoms with van der Waals surface area (Å²) in [6, 6.07) is 12.5. The van der Waals surface area contributed by atoms with Crippen LogP contribution in [0.4, 0.5) is 5.69 Å². The Balaban J connectivity index is 1.44. The molecule has 0 aromatic heterocycles. The fraction of sp³-hybridized carbons (Fsp3) is 0.346. The maximum atomic E-state index is 13.1. The number of thioether (sulfide) groups is 1. The minimum absolute atomic E-state index is 0.0251. The Morgan fingerprint density at radius 3 is 2.71 bits per heavy atom. The Morgan fingerprint density at radius 2 is 1.97 bits per heavy atom. The van der Waals surface area contributed by atoms with Crippen LogP contribution in [-0.4, -0.2) is 40.3 Å². The summed E-state index contributed by atoms with van der Waals surface area (Å²) in [7, 11) is 0. The molecule has 2 aromatic carbocycles. The number of thiocarbonyl (C=S) groups is 1. The average molecular weight is 531 g/mol. The molecule has 0 unspecified atom stereocenters. The van der Waals surface area contributed by atoms with Gasteiger partial charge < -0.3 is 14.8 Å². The van der Waals surface area contributed by atoms with E-state index in [0.29, 0.717) is 38.0 Å². The highest BCUT2D eigenvalue weighted by Crippen LogP contribution is 2.38. The number of hydrogen-bond donors (Lipinski definition) is 1. The van der Waals surface area contributed by atoms with Crippen LogP contribution in [-0.2, 0) is 9.59 Å². The van der Waals surface area contributed by atoms with E-state index in [4.69, 9.17) is 33.3 Å². The average Bonchev–Trinajstić information content (AvgIpc) is 3.12. The van der Waals surface area contributed by atoms with Crippen LogP contribution < -0.4 is 14.8 Å². The van der Waals surface area contributed by atoms with E-state index in [1.165, 1.54) is 18.2 Å². The van der Waals surface area contributed by atoms with Gasteiger partial charge in [0, 0.05) is 16.8 Å². The quantitative estimate of drug-likeness (QED) is 0.319. The molecule has 0 radical (unpaired) electrons. The third-order valence-corrected chi connectivity index (χ3v) is 7.36. The van der Waals surface area contributed by atoms with Gasteiger partial charge in [-0.1, -0.05) is 67.0 Å². The van der Waals surface area contributed by atoms with Crippen LogP contribution in [0, 0.1) is 0 Å². The van der Waals surface area contributed by atoms with Crippen LogP contribution in [0.2, 0.25) is 5.02 Å². The number of benzene rings is 2. The maximum absolute atomic E-state index is 13.1. The number of anilines is 1. The lowest BCUT2D eigenvalue weighted by atomic mass is 9.94. The van der Waals surface area contributed by atoms with Gasteiger partial charge in [-0.3, -0.25) is 14.5 Å². The van der Waals surface area contributed by atoms with Gasteiger partial charge >= 0.3 is 0 Å². The van der Waals surface area contributed by atoms with Crippen LogP contribution in [0.1, 0.15) is 44.6 Å². The van der Waals surface area contributed by atoms with Gasteiger partial charge in [0.25, 0.3) is 11.8 Å². The minimum Gasteiger partial charge on any atom is -0.490 e. The molecule has 6 nitrogen and oxygen atoms in total. The van der Waals surface area contributed by atoms with E-state index >= 15 is 0 Å². The monoisotopic (exact) mass is 530 g/mol. The van der Waals surface area contributed by atoms with Gasteiger partial charge in [-0.25, -0.2) is 0 Å². The van der Waals surface area contributed by atoms with Gasteiger partial charge in [0.05, 0.1) is 11.5 Å².